The molecule has 136 heavy (non-hydrogen) atoms. The van der Waals surface area contributed by atoms with Crippen LogP contribution in [0.4, 0.5) is 5.69 Å². The highest BCUT2D eigenvalue weighted by molar-refractivity contribution is 5.58. The van der Waals surface area contributed by atoms with E-state index in [0.29, 0.717) is 42.3 Å². The van der Waals surface area contributed by atoms with Gasteiger partial charge in [-0.05, 0) is 337 Å². The lowest BCUT2D eigenvalue weighted by Gasteiger charge is -2.35. The van der Waals surface area contributed by atoms with Gasteiger partial charge in [0.2, 0.25) is 0 Å². The molecule has 18 heteroatoms. The molecule has 5 aromatic heterocycles. The first-order valence-electron chi connectivity index (χ1n) is 53.1. The molecule has 5 aromatic carbocycles. The fourth-order valence-corrected chi connectivity index (χ4v) is 21.7. The maximum Gasteiger partial charge on any atom is 0.0573 e. The molecular formula is C118H168N18. The molecule has 3 fully saturated rings. The highest BCUT2D eigenvalue weighted by Gasteiger charge is 2.31. The second-order valence-corrected chi connectivity index (χ2v) is 40.8. The number of likely N-dealkylation sites (N-methyl/N-ethyl adjacent to an activating group) is 1. The van der Waals surface area contributed by atoms with Gasteiger partial charge in [0.15, 0.2) is 0 Å². The van der Waals surface area contributed by atoms with Gasteiger partial charge in [0.1, 0.15) is 0 Å². The van der Waals surface area contributed by atoms with Crippen molar-refractivity contribution in [2.75, 3.05) is 123 Å². The lowest BCUT2D eigenvalue weighted by molar-refractivity contribution is 0.177. The highest BCUT2D eigenvalue weighted by Crippen LogP contribution is 2.33. The number of nitrogens with one attached hydrogen (secondary N) is 5. The largest absolute Gasteiger partial charge is 0.371 e. The summed E-state index contributed by atoms with van der Waals surface area (Å²) >= 11 is 0. The molecule has 730 valence electrons. The number of hydrogen-bond donors (Lipinski definition) is 5. The zero-order valence-corrected chi connectivity index (χ0v) is 84.8. The predicted octanol–water partition coefficient (Wildman–Crippen LogP) is 20.1. The van der Waals surface area contributed by atoms with Crippen LogP contribution in [0.3, 0.4) is 0 Å². The van der Waals surface area contributed by atoms with Gasteiger partial charge in [0, 0.05) is 177 Å². The third-order valence-electron chi connectivity index (χ3n) is 29.9. The van der Waals surface area contributed by atoms with E-state index in [4.69, 9.17) is 4.98 Å². The van der Waals surface area contributed by atoms with Gasteiger partial charge in [-0.2, -0.15) is 0 Å². The van der Waals surface area contributed by atoms with Crippen LogP contribution >= 0.6 is 0 Å². The summed E-state index contributed by atoms with van der Waals surface area (Å²) in [6.45, 7) is 45.5. The lowest BCUT2D eigenvalue weighted by atomic mass is 9.92. The molecule has 18 nitrogen and oxygen atoms in total. The van der Waals surface area contributed by atoms with E-state index in [-0.39, 0.29) is 0 Å². The van der Waals surface area contributed by atoms with Gasteiger partial charge in [0.25, 0.3) is 0 Å². The third kappa shape index (κ3) is 32.9. The first-order valence-corrected chi connectivity index (χ1v) is 53.1. The van der Waals surface area contributed by atoms with Crippen LogP contribution in [0.15, 0.2) is 213 Å². The third-order valence-corrected chi connectivity index (χ3v) is 29.9. The van der Waals surface area contributed by atoms with E-state index in [1.165, 1.54) is 268 Å². The van der Waals surface area contributed by atoms with Crippen LogP contribution in [-0.2, 0) is 84.5 Å². The molecule has 8 aliphatic rings. The Kier molecular flexibility index (Phi) is 42.3. The molecule has 8 aliphatic heterocycles. The van der Waals surface area contributed by atoms with E-state index in [1.807, 2.05) is 49.2 Å². The first-order chi connectivity index (χ1) is 66.7. The monoisotopic (exact) mass is 1840 g/mol. The minimum Gasteiger partial charge on any atom is -0.371 e. The Hall–Kier alpha value is -8.83. The normalized spacial score (nSPS) is 19.2. The second kappa shape index (κ2) is 55.8. The van der Waals surface area contributed by atoms with Gasteiger partial charge in [0.05, 0.1) is 28.5 Å². The summed E-state index contributed by atoms with van der Waals surface area (Å²) in [7, 11) is 2.21. The van der Waals surface area contributed by atoms with Gasteiger partial charge in [-0.15, -0.1) is 0 Å². The zero-order valence-electron chi connectivity index (χ0n) is 84.8. The molecule has 0 spiro atoms. The van der Waals surface area contributed by atoms with Crippen LogP contribution in [-0.4, -0.2) is 208 Å². The summed E-state index contributed by atoms with van der Waals surface area (Å²) in [6.07, 6.45) is 37.9. The second-order valence-electron chi connectivity index (χ2n) is 40.8. The molecule has 7 atom stereocenters. The molecule has 0 amide bonds. The number of rotatable bonds is 37. The Morgan fingerprint density at radius 1 is 0.338 bits per heavy atom. The van der Waals surface area contributed by atoms with Gasteiger partial charge in [-0.25, -0.2) is 0 Å². The summed E-state index contributed by atoms with van der Waals surface area (Å²) in [5.41, 5.74) is 27.4. The van der Waals surface area contributed by atoms with Crippen molar-refractivity contribution in [3.63, 3.8) is 0 Å². The van der Waals surface area contributed by atoms with Gasteiger partial charge >= 0.3 is 0 Å². The average molecular weight is 1840 g/mol. The fourth-order valence-electron chi connectivity index (χ4n) is 21.7. The zero-order chi connectivity index (χ0) is 94.3. The van der Waals surface area contributed by atoms with Crippen molar-refractivity contribution < 1.29 is 0 Å². The Labute approximate surface area is 820 Å². The molecule has 5 N–H and O–H groups in total. The van der Waals surface area contributed by atoms with Crippen molar-refractivity contribution >= 4 is 5.69 Å². The number of pyridine rings is 5. The Balaban J connectivity index is 0.000000136. The Morgan fingerprint density at radius 2 is 0.743 bits per heavy atom. The highest BCUT2D eigenvalue weighted by atomic mass is 15.2. The summed E-state index contributed by atoms with van der Waals surface area (Å²) in [6, 6.07) is 69.0. The molecule has 0 bridgehead atoms. The molecule has 10 aromatic rings. The summed E-state index contributed by atoms with van der Waals surface area (Å²) in [4.78, 5) is 44.0. The quantitative estimate of drug-likeness (QED) is 0.0235. The van der Waals surface area contributed by atoms with Gasteiger partial charge < -0.3 is 41.3 Å². The predicted molar refractivity (Wildman–Crippen MR) is 566 cm³/mol. The number of piperidine rings is 3. The van der Waals surface area contributed by atoms with Crippen molar-refractivity contribution in [2.24, 2.45) is 0 Å². The Bertz CT molecular complexity index is 5070. The van der Waals surface area contributed by atoms with Crippen molar-refractivity contribution in [3.05, 3.63) is 319 Å². The smallest absolute Gasteiger partial charge is 0.0573 e. The van der Waals surface area contributed by atoms with E-state index in [1.54, 1.807) is 5.56 Å². The summed E-state index contributed by atoms with van der Waals surface area (Å²) < 4.78 is 0. The number of aryl methyl sites for hydroxylation is 4. The molecule has 13 heterocycles. The SMILES string of the molecule is CCCCCN(C[C@H]1Cc2ccccc2CN1)[C@@H](C)c1ccccn1.CCCCCN(C[C@H]1Cc2ccccc2CN1)[C@H](C)c1ccc(C)cn1.Cc1ccc(CN(CCCN2CCCCC2)C[C@H]2Cc3ccccc3CN2)nc1.Cc1cccnc1CN(C)C[C@H]1Cc2c(cccc2N2CCCCC2)CN1.Cc1cccnc1CN(CCCN1CCCCC1)C[C@H]1Cc2ccccc2CN1. The van der Waals surface area contributed by atoms with Crippen molar-refractivity contribution in [3.8, 4) is 0 Å². The molecular weight excluding hydrogens is 1670 g/mol. The number of hydrogen-bond acceptors (Lipinski definition) is 18. The molecule has 0 unspecified atom stereocenters. The standard InChI is InChI=1S/2C25H36N4.C23H32N4.C23H33N3.C22H31N3/c1-21-9-7-12-26-25(21)20-29(16-8-15-28-13-5-2-6-14-28)19-24-17-22-10-3-4-11-23(22)18-27-24;1-21-10-11-24(26-17-21)19-29(15-7-14-28-12-5-2-6-13-28)20-25-16-22-8-3-4-9-23(22)18-27-25;1-18-8-7-11-24-22(18)17-26(2)16-20-14-21-19(15-25-20)9-6-10-23(21)27-12-4-3-5-13-27;1-4-5-8-13-26(19(3)23-12-11-18(2)15-25-23)17-22-14-20-9-6-7-10-21(20)16-24-22;1-3-4-9-14-25(18(2)22-12-7-8-13-23-22)17-21-15-19-10-5-6-11-20(19)16-24-21/h3-4,7,9-12,24,27H,2,5-6,8,13-20H2,1H3;3-4,8-11,17,25,27H,2,5-7,12-16,18-20H2,1H3;6-11,20,25H,3-5,12-17H2,1-2H3;6-7,9-12,15,19,22,24H,4-5,8,13-14,16-17H2,1-3H3;5-8,10-13,18,21,24H,3-4,9,14-17H2,1-2H3/t24-;25-;20-;19-,22-;18-,21+/m11110/s1. The van der Waals surface area contributed by atoms with Crippen molar-refractivity contribution in [2.45, 2.75) is 291 Å². The van der Waals surface area contributed by atoms with E-state index in [0.717, 1.165) is 143 Å². The number of unbranched alkanes of at least 4 members (excludes halogenated alkanes) is 4. The molecule has 0 saturated carbocycles. The van der Waals surface area contributed by atoms with E-state index >= 15 is 0 Å². The van der Waals surface area contributed by atoms with Gasteiger partial charge in [-0.1, -0.05) is 192 Å². The van der Waals surface area contributed by atoms with E-state index in [2.05, 4.69) is 312 Å². The Morgan fingerprint density at radius 3 is 1.18 bits per heavy atom. The number of nitrogens with zero attached hydrogens (tertiary/aromatic N) is 13. The van der Waals surface area contributed by atoms with E-state index in [9.17, 15) is 0 Å². The number of fused-ring (bicyclic) bond motifs is 5. The summed E-state index contributed by atoms with van der Waals surface area (Å²) in [5.74, 6) is 0. The molecule has 3 saturated heterocycles. The number of aromatic nitrogens is 5. The molecule has 0 radical (unpaired) electrons. The first kappa shape index (κ1) is 103. The minimum absolute atomic E-state index is 0.353. The maximum absolute atomic E-state index is 4.69. The number of anilines is 1. The van der Waals surface area contributed by atoms with Crippen molar-refractivity contribution in [1.82, 2.24) is 85.8 Å². The molecule has 18 rings (SSSR count). The fraction of sp³-hybridized carbons (Fsp3) is 0.534. The number of benzene rings is 5. The van der Waals surface area contributed by atoms with Crippen LogP contribution in [0, 0.1) is 27.7 Å². The van der Waals surface area contributed by atoms with Crippen LogP contribution in [0.2, 0.25) is 0 Å². The minimum atomic E-state index is 0.353. The molecule has 0 aliphatic carbocycles. The maximum atomic E-state index is 4.69. The average Bonchev–Trinajstić information content (AvgIpc) is 0.794. The van der Waals surface area contributed by atoms with Crippen LogP contribution in [0.1, 0.15) is 255 Å². The van der Waals surface area contributed by atoms with Crippen LogP contribution < -0.4 is 31.5 Å². The van der Waals surface area contributed by atoms with Crippen molar-refractivity contribution in [1.29, 1.82) is 0 Å². The van der Waals surface area contributed by atoms with Crippen LogP contribution in [0.5, 0.6) is 0 Å². The lowest BCUT2D eigenvalue weighted by Crippen LogP contribution is -2.45. The van der Waals surface area contributed by atoms with Gasteiger partial charge in [-0.3, -0.25) is 49.4 Å². The number of likely N-dealkylation sites (tertiary alicyclic amines) is 2. The topological polar surface area (TPSA) is 151 Å². The van der Waals surface area contributed by atoms with Crippen LogP contribution in [0.25, 0.3) is 0 Å². The summed E-state index contributed by atoms with van der Waals surface area (Å²) in [5, 5.41) is 18.8. The van der Waals surface area contributed by atoms with E-state index < -0.39 is 0 Å².